The van der Waals surface area contributed by atoms with Gasteiger partial charge >= 0.3 is 0 Å². The summed E-state index contributed by atoms with van der Waals surface area (Å²) < 4.78 is 4.21. The molecule has 1 aliphatic heterocycles. The number of hydrogen-bond acceptors (Lipinski definition) is 4. The van der Waals surface area contributed by atoms with Gasteiger partial charge in [-0.15, -0.1) is 10.2 Å². The van der Waals surface area contributed by atoms with Crippen molar-refractivity contribution in [2.45, 2.75) is 58.7 Å². The minimum Gasteiger partial charge on any atom is -0.314 e. The highest BCUT2D eigenvalue weighted by Gasteiger charge is 2.19. The fraction of sp³-hybridized carbons (Fsp3) is 0.667. The van der Waals surface area contributed by atoms with E-state index in [1.807, 2.05) is 17.9 Å². The molecule has 114 valence electrons. The molecule has 6 heteroatoms. The largest absolute Gasteiger partial charge is 0.314 e. The first-order valence-corrected chi connectivity index (χ1v) is 7.79. The van der Waals surface area contributed by atoms with Crippen molar-refractivity contribution in [3.05, 3.63) is 29.1 Å². The Hall–Kier alpha value is -1.69. The highest BCUT2D eigenvalue weighted by Crippen LogP contribution is 2.19. The van der Waals surface area contributed by atoms with Crippen LogP contribution >= 0.6 is 0 Å². The summed E-state index contributed by atoms with van der Waals surface area (Å²) in [5.41, 5.74) is 2.44. The summed E-state index contributed by atoms with van der Waals surface area (Å²) in [5.74, 6) is 2.21. The third kappa shape index (κ3) is 2.85. The van der Waals surface area contributed by atoms with E-state index in [1.54, 1.807) is 0 Å². The Labute approximate surface area is 125 Å². The van der Waals surface area contributed by atoms with Gasteiger partial charge in [0.15, 0.2) is 0 Å². The number of aryl methyl sites for hydroxylation is 2. The lowest BCUT2D eigenvalue weighted by Gasteiger charge is -2.15. The number of hydrogen-bond donors (Lipinski definition) is 1. The van der Waals surface area contributed by atoms with Gasteiger partial charge in [0.2, 0.25) is 0 Å². The van der Waals surface area contributed by atoms with Crippen molar-refractivity contribution in [3.8, 4) is 0 Å². The number of fused-ring (bicyclic) bond motifs is 1. The summed E-state index contributed by atoms with van der Waals surface area (Å²) in [4.78, 5) is 0. The highest BCUT2D eigenvalue weighted by atomic mass is 15.3. The normalized spacial score (nSPS) is 16.5. The molecule has 0 bridgehead atoms. The monoisotopic (exact) mass is 288 g/mol. The molecule has 3 heterocycles. The van der Waals surface area contributed by atoms with Crippen LogP contribution in [0.3, 0.4) is 0 Å². The zero-order valence-electron chi connectivity index (χ0n) is 13.1. The predicted molar refractivity (Wildman–Crippen MR) is 80.8 cm³/mol. The van der Waals surface area contributed by atoms with Crippen LogP contribution in [0.15, 0.2) is 6.20 Å². The lowest BCUT2D eigenvalue weighted by molar-refractivity contribution is 0.501. The van der Waals surface area contributed by atoms with Crippen LogP contribution in [-0.4, -0.2) is 24.5 Å². The molecular formula is C15H24N6. The van der Waals surface area contributed by atoms with Crippen molar-refractivity contribution in [1.82, 2.24) is 29.9 Å². The van der Waals surface area contributed by atoms with Gasteiger partial charge in [0.1, 0.15) is 11.6 Å². The second kappa shape index (κ2) is 5.97. The number of nitrogens with zero attached hydrogens (tertiary/aromatic N) is 5. The van der Waals surface area contributed by atoms with E-state index in [4.69, 9.17) is 0 Å². The van der Waals surface area contributed by atoms with Crippen LogP contribution in [0.25, 0.3) is 0 Å². The molecular weight excluding hydrogens is 264 g/mol. The van der Waals surface area contributed by atoms with Crippen LogP contribution in [-0.2, 0) is 26.6 Å². The maximum Gasteiger partial charge on any atom is 0.149 e. The molecule has 1 atom stereocenters. The van der Waals surface area contributed by atoms with Gasteiger partial charge < -0.3 is 9.88 Å². The number of rotatable bonds is 4. The first kappa shape index (κ1) is 14.3. The SMILES string of the molecule is Cc1c(CNC(C)c2nnc3n2CCCCC3)cnn1C. The molecule has 0 amide bonds. The molecule has 1 unspecified atom stereocenters. The highest BCUT2D eigenvalue weighted by molar-refractivity contribution is 5.16. The molecule has 2 aromatic rings. The molecule has 6 nitrogen and oxygen atoms in total. The van der Waals surface area contributed by atoms with Crippen LogP contribution in [0.4, 0.5) is 0 Å². The summed E-state index contributed by atoms with van der Waals surface area (Å²) in [7, 11) is 1.97. The second-order valence-corrected chi connectivity index (χ2v) is 5.92. The molecule has 0 fully saturated rings. The Morgan fingerprint density at radius 3 is 2.90 bits per heavy atom. The third-order valence-electron chi connectivity index (χ3n) is 4.46. The Morgan fingerprint density at radius 1 is 1.29 bits per heavy atom. The smallest absolute Gasteiger partial charge is 0.149 e. The van der Waals surface area contributed by atoms with E-state index in [-0.39, 0.29) is 6.04 Å². The van der Waals surface area contributed by atoms with Gasteiger partial charge in [-0.2, -0.15) is 5.10 Å². The molecule has 0 radical (unpaired) electrons. The predicted octanol–water partition coefficient (Wildman–Crippen LogP) is 1.90. The topological polar surface area (TPSA) is 60.6 Å². The molecule has 1 aliphatic rings. The maximum atomic E-state index is 4.41. The van der Waals surface area contributed by atoms with Gasteiger partial charge in [0.25, 0.3) is 0 Å². The first-order chi connectivity index (χ1) is 10.2. The molecule has 21 heavy (non-hydrogen) atoms. The van der Waals surface area contributed by atoms with Gasteiger partial charge in [-0.3, -0.25) is 4.68 Å². The van der Waals surface area contributed by atoms with Crippen molar-refractivity contribution in [2.24, 2.45) is 7.05 Å². The number of nitrogens with one attached hydrogen (secondary N) is 1. The van der Waals surface area contributed by atoms with Crippen molar-refractivity contribution in [3.63, 3.8) is 0 Å². The standard InChI is InChI=1S/C15H24N6/c1-11(16-9-13-10-17-20(3)12(13)2)15-19-18-14-7-5-4-6-8-21(14)15/h10-11,16H,4-9H2,1-3H3. The van der Waals surface area contributed by atoms with Crippen molar-refractivity contribution < 1.29 is 0 Å². The van der Waals surface area contributed by atoms with Crippen molar-refractivity contribution >= 4 is 0 Å². The molecule has 0 saturated carbocycles. The Morgan fingerprint density at radius 2 is 2.14 bits per heavy atom. The molecule has 0 aliphatic carbocycles. The van der Waals surface area contributed by atoms with E-state index >= 15 is 0 Å². The van der Waals surface area contributed by atoms with E-state index in [0.29, 0.717) is 0 Å². The minimum absolute atomic E-state index is 0.198. The van der Waals surface area contributed by atoms with E-state index in [2.05, 4.69) is 39.0 Å². The Bertz CT molecular complexity index is 612. The molecule has 0 aromatic carbocycles. The van der Waals surface area contributed by atoms with Crippen molar-refractivity contribution in [1.29, 1.82) is 0 Å². The van der Waals surface area contributed by atoms with Crippen LogP contribution in [0.2, 0.25) is 0 Å². The molecule has 0 spiro atoms. The quantitative estimate of drug-likeness (QED) is 0.933. The average molecular weight is 288 g/mol. The maximum absolute atomic E-state index is 4.41. The molecule has 0 saturated heterocycles. The average Bonchev–Trinajstić information content (AvgIpc) is 2.93. The summed E-state index contributed by atoms with van der Waals surface area (Å²) >= 11 is 0. The summed E-state index contributed by atoms with van der Waals surface area (Å²) in [6, 6.07) is 0.198. The third-order valence-corrected chi connectivity index (χ3v) is 4.46. The lowest BCUT2D eigenvalue weighted by atomic mass is 10.2. The van der Waals surface area contributed by atoms with Crippen LogP contribution < -0.4 is 5.32 Å². The van der Waals surface area contributed by atoms with Gasteiger partial charge in [0.05, 0.1) is 12.2 Å². The van der Waals surface area contributed by atoms with Gasteiger partial charge in [-0.25, -0.2) is 0 Å². The minimum atomic E-state index is 0.198. The zero-order valence-corrected chi connectivity index (χ0v) is 13.1. The summed E-state index contributed by atoms with van der Waals surface area (Å²) in [6.45, 7) is 6.12. The zero-order chi connectivity index (χ0) is 14.8. The van der Waals surface area contributed by atoms with Gasteiger partial charge in [-0.05, 0) is 26.7 Å². The van der Waals surface area contributed by atoms with Crippen LogP contribution in [0, 0.1) is 6.92 Å². The molecule has 2 aromatic heterocycles. The van der Waals surface area contributed by atoms with Crippen molar-refractivity contribution in [2.75, 3.05) is 0 Å². The molecule has 1 N–H and O–H groups in total. The van der Waals surface area contributed by atoms with E-state index in [0.717, 1.165) is 31.2 Å². The van der Waals surface area contributed by atoms with Gasteiger partial charge in [-0.1, -0.05) is 6.42 Å². The van der Waals surface area contributed by atoms with Crippen LogP contribution in [0.5, 0.6) is 0 Å². The van der Waals surface area contributed by atoms with Crippen LogP contribution in [0.1, 0.15) is 55.1 Å². The lowest BCUT2D eigenvalue weighted by Crippen LogP contribution is -2.22. The van der Waals surface area contributed by atoms with E-state index in [1.165, 1.54) is 30.5 Å². The fourth-order valence-electron chi connectivity index (χ4n) is 2.90. The van der Waals surface area contributed by atoms with E-state index < -0.39 is 0 Å². The Balaban J connectivity index is 1.69. The summed E-state index contributed by atoms with van der Waals surface area (Å²) in [6.07, 6.45) is 6.74. The Kier molecular flexibility index (Phi) is 4.05. The summed E-state index contributed by atoms with van der Waals surface area (Å²) in [5, 5.41) is 16.6. The second-order valence-electron chi connectivity index (χ2n) is 5.92. The fourth-order valence-corrected chi connectivity index (χ4v) is 2.90. The molecule has 3 rings (SSSR count). The number of aromatic nitrogens is 5. The van der Waals surface area contributed by atoms with E-state index in [9.17, 15) is 0 Å². The first-order valence-electron chi connectivity index (χ1n) is 7.79. The van der Waals surface area contributed by atoms with Gasteiger partial charge in [0, 0.05) is 37.8 Å².